The Hall–Kier alpha value is -2.64. The van der Waals surface area contributed by atoms with Crippen molar-refractivity contribution in [2.75, 3.05) is 13.1 Å². The van der Waals surface area contributed by atoms with Gasteiger partial charge in [-0.25, -0.2) is 0 Å². The fraction of sp³-hybridized carbons (Fsp3) is 0.471. The molecular formula is C34H47Cl2N3O3. The predicted octanol–water partition coefficient (Wildman–Crippen LogP) is 5.29. The van der Waals surface area contributed by atoms with Crippen molar-refractivity contribution in [1.82, 2.24) is 4.90 Å². The molecule has 1 amide bonds. The van der Waals surface area contributed by atoms with Gasteiger partial charge in [0, 0.05) is 31.6 Å². The van der Waals surface area contributed by atoms with Crippen LogP contribution in [0.1, 0.15) is 82.8 Å². The number of nitrogens with zero attached hydrogens (tertiary/aromatic N) is 1. The summed E-state index contributed by atoms with van der Waals surface area (Å²) in [5.74, 6) is 0.170. The molecule has 2 atom stereocenters. The van der Waals surface area contributed by atoms with Crippen molar-refractivity contribution >= 4 is 65.7 Å². The Morgan fingerprint density at radius 2 is 1.55 bits per heavy atom. The zero-order valence-electron chi connectivity index (χ0n) is 25.0. The van der Waals surface area contributed by atoms with Crippen LogP contribution in [0.25, 0.3) is 29.0 Å². The van der Waals surface area contributed by atoms with Crippen molar-refractivity contribution in [3.63, 3.8) is 0 Å². The van der Waals surface area contributed by atoms with Crippen LogP contribution < -0.4 is 21.9 Å². The maximum absolute atomic E-state index is 13.0. The Labute approximate surface area is 262 Å². The molecule has 0 saturated heterocycles. The predicted molar refractivity (Wildman–Crippen MR) is 179 cm³/mol. The summed E-state index contributed by atoms with van der Waals surface area (Å²) in [5, 5.41) is 4.80. The third kappa shape index (κ3) is 9.98. The lowest BCUT2D eigenvalue weighted by Crippen LogP contribution is -2.35. The Bertz CT molecular complexity index is 1400. The number of ether oxygens (including phenoxy) is 1. The van der Waals surface area contributed by atoms with Gasteiger partial charge in [0.2, 0.25) is 5.91 Å². The van der Waals surface area contributed by atoms with Crippen LogP contribution in [0, 0.1) is 0 Å². The number of unbranched alkanes of at least 4 members (excludes halogenated alkanes) is 4. The van der Waals surface area contributed by atoms with E-state index in [4.69, 9.17) is 16.2 Å². The Balaban J connectivity index is 0.00000308. The third-order valence-corrected chi connectivity index (χ3v) is 7.84. The van der Waals surface area contributed by atoms with Gasteiger partial charge in [-0.3, -0.25) is 9.59 Å². The van der Waals surface area contributed by atoms with Gasteiger partial charge in [0.25, 0.3) is 0 Å². The van der Waals surface area contributed by atoms with E-state index in [9.17, 15) is 9.59 Å². The monoisotopic (exact) mass is 615 g/mol. The summed E-state index contributed by atoms with van der Waals surface area (Å²) in [7, 11) is 0. The molecule has 0 fully saturated rings. The van der Waals surface area contributed by atoms with Crippen molar-refractivity contribution in [1.29, 1.82) is 0 Å². The minimum absolute atomic E-state index is 0. The zero-order valence-corrected chi connectivity index (χ0v) is 26.6. The number of carbonyl (C=O) groups excluding carboxylic acids is 2. The molecule has 2 unspecified atom stereocenters. The van der Waals surface area contributed by atoms with Gasteiger partial charge >= 0.3 is 5.97 Å². The second-order valence-corrected chi connectivity index (χ2v) is 11.4. The molecule has 0 aromatic heterocycles. The highest BCUT2D eigenvalue weighted by molar-refractivity contribution is 5.96. The van der Waals surface area contributed by atoms with Gasteiger partial charge in [0.1, 0.15) is 5.76 Å². The Morgan fingerprint density at radius 3 is 2.31 bits per heavy atom. The van der Waals surface area contributed by atoms with Crippen LogP contribution in [-0.2, 0) is 20.7 Å². The molecule has 0 spiro atoms. The summed E-state index contributed by atoms with van der Waals surface area (Å²) < 4.78 is 5.67. The van der Waals surface area contributed by atoms with Gasteiger partial charge in [-0.1, -0.05) is 68.2 Å². The van der Waals surface area contributed by atoms with Crippen LogP contribution in [-0.4, -0.2) is 41.9 Å². The summed E-state index contributed by atoms with van der Waals surface area (Å²) in [5.41, 5.74) is 14.3. The number of amides is 1. The van der Waals surface area contributed by atoms with Gasteiger partial charge in [0.15, 0.2) is 0 Å². The van der Waals surface area contributed by atoms with E-state index in [1.54, 1.807) is 0 Å². The summed E-state index contributed by atoms with van der Waals surface area (Å²) in [4.78, 5) is 27.5. The van der Waals surface area contributed by atoms with E-state index in [0.717, 1.165) is 43.7 Å². The van der Waals surface area contributed by atoms with E-state index in [2.05, 4.69) is 42.5 Å². The number of benzene rings is 2. The second-order valence-electron chi connectivity index (χ2n) is 11.4. The number of esters is 1. The molecule has 2 aromatic carbocycles. The summed E-state index contributed by atoms with van der Waals surface area (Å²) in [6.07, 6.45) is 18.5. The highest BCUT2D eigenvalue weighted by atomic mass is 35.5. The highest BCUT2D eigenvalue weighted by Crippen LogP contribution is 2.23. The first-order chi connectivity index (χ1) is 19.3. The smallest absolute Gasteiger partial charge is 0.311 e. The van der Waals surface area contributed by atoms with E-state index in [0.29, 0.717) is 25.3 Å². The molecule has 4 N–H and O–H groups in total. The lowest BCUT2D eigenvalue weighted by atomic mass is 9.94. The van der Waals surface area contributed by atoms with Crippen molar-refractivity contribution in [3.05, 3.63) is 63.7 Å². The molecular weight excluding hydrogens is 569 g/mol. The minimum atomic E-state index is -0.375. The number of hydrogen-bond donors (Lipinski definition) is 2. The van der Waals surface area contributed by atoms with Crippen LogP contribution in [0.2, 0.25) is 0 Å². The first-order valence-electron chi connectivity index (χ1n) is 15.0. The van der Waals surface area contributed by atoms with Crippen LogP contribution in [0.4, 0.5) is 0 Å². The molecule has 0 saturated carbocycles. The number of fused-ring (bicyclic) bond motifs is 5. The number of hydrogen-bond acceptors (Lipinski definition) is 5. The average Bonchev–Trinajstić information content (AvgIpc) is 3.41. The summed E-state index contributed by atoms with van der Waals surface area (Å²) in [6.45, 7) is 5.32. The van der Waals surface area contributed by atoms with Gasteiger partial charge in [0.05, 0.1) is 6.42 Å². The molecule has 2 aromatic rings. The first-order valence-corrected chi connectivity index (χ1v) is 15.0. The van der Waals surface area contributed by atoms with Gasteiger partial charge in [-0.2, -0.15) is 0 Å². The van der Waals surface area contributed by atoms with Crippen molar-refractivity contribution in [2.45, 2.75) is 90.1 Å². The fourth-order valence-corrected chi connectivity index (χ4v) is 5.52. The maximum Gasteiger partial charge on any atom is 0.311 e. The lowest BCUT2D eigenvalue weighted by molar-refractivity contribution is -0.142. The fourth-order valence-electron chi connectivity index (χ4n) is 5.52. The molecule has 0 bridgehead atoms. The molecule has 0 aliphatic heterocycles. The van der Waals surface area contributed by atoms with Gasteiger partial charge in [-0.15, -0.1) is 24.8 Å². The lowest BCUT2D eigenvalue weighted by Gasteiger charge is -2.23. The molecule has 8 heteroatoms. The Morgan fingerprint density at radius 1 is 0.857 bits per heavy atom. The topological polar surface area (TPSA) is 98.6 Å². The van der Waals surface area contributed by atoms with Crippen LogP contribution >= 0.6 is 24.8 Å². The molecule has 0 heterocycles. The molecule has 230 valence electrons. The third-order valence-electron chi connectivity index (χ3n) is 7.84. The minimum Gasteiger partial charge on any atom is -0.427 e. The second kappa shape index (κ2) is 17.5. The van der Waals surface area contributed by atoms with Crippen LogP contribution in [0.3, 0.4) is 0 Å². The van der Waals surface area contributed by atoms with Crippen molar-refractivity contribution in [2.24, 2.45) is 11.5 Å². The van der Waals surface area contributed by atoms with E-state index >= 15 is 0 Å². The van der Waals surface area contributed by atoms with Crippen molar-refractivity contribution < 1.29 is 14.3 Å². The number of nitrogens with two attached hydrogens (primary N) is 2. The molecule has 2 aliphatic rings. The van der Waals surface area contributed by atoms with Crippen LogP contribution in [0.15, 0.2) is 42.2 Å². The Kier molecular flexibility index (Phi) is 14.8. The van der Waals surface area contributed by atoms with E-state index in [1.807, 2.05) is 30.9 Å². The highest BCUT2D eigenvalue weighted by Gasteiger charge is 2.18. The SMILES string of the molecule is CC(N)CCCCCCCN(CCC(C)N)C(=O)CCC(=O)OC1=CCc2c(ccc3c4c(ccc23)=CC=C4)=C1.Cl.Cl. The standard InChI is InChI=1S/C34H45N3O3.2ClH/c1-24(35)9-6-4-3-5-7-21-37(22-20-25(2)36)33(38)18-19-34(39)40-28-14-17-30-27(23-28)13-16-31-29-11-8-10-26(29)12-15-32(30)31;;/h8,10-16,23-25H,3-7,9,17-22,35-36H2,1-2H3;2*1H. The first kappa shape index (κ1) is 35.6. The van der Waals surface area contributed by atoms with E-state index < -0.39 is 0 Å². The molecule has 0 radical (unpaired) electrons. The number of halogens is 2. The molecule has 6 nitrogen and oxygen atoms in total. The molecule has 2 aliphatic carbocycles. The van der Waals surface area contributed by atoms with Gasteiger partial charge in [-0.05, 0) is 84.0 Å². The molecule has 42 heavy (non-hydrogen) atoms. The van der Waals surface area contributed by atoms with Gasteiger partial charge < -0.3 is 21.1 Å². The number of rotatable bonds is 15. The number of allylic oxidation sites excluding steroid dienone is 3. The summed E-state index contributed by atoms with van der Waals surface area (Å²) in [6, 6.07) is 8.88. The molecule has 4 rings (SSSR count). The van der Waals surface area contributed by atoms with E-state index in [-0.39, 0.29) is 61.6 Å². The average molecular weight is 617 g/mol. The quantitative estimate of drug-likeness (QED) is 0.209. The number of carbonyl (C=O) groups is 2. The van der Waals surface area contributed by atoms with Crippen LogP contribution in [0.5, 0.6) is 0 Å². The van der Waals surface area contributed by atoms with E-state index in [1.165, 1.54) is 33.5 Å². The largest absolute Gasteiger partial charge is 0.427 e. The van der Waals surface area contributed by atoms with Crippen molar-refractivity contribution in [3.8, 4) is 0 Å². The maximum atomic E-state index is 13.0. The normalized spacial score (nSPS) is 14.2. The zero-order chi connectivity index (χ0) is 28.5. The summed E-state index contributed by atoms with van der Waals surface area (Å²) >= 11 is 0.